The summed E-state index contributed by atoms with van der Waals surface area (Å²) in [6, 6.07) is 4.46. The number of carboxylic acid groups (broad SMARTS) is 1. The molecular formula is C7H4AgFO2. The standard InChI is InChI=1S/C7H5FO2.Ag/c8-6-3-1-5(2-4-6)7(9)10;/h1-4H,(H,9,10);/q;+1/p-1. The summed E-state index contributed by atoms with van der Waals surface area (Å²) in [6.45, 7) is 0. The van der Waals surface area contributed by atoms with E-state index < -0.39 is 11.8 Å². The van der Waals surface area contributed by atoms with Gasteiger partial charge in [0.05, 0.1) is 5.97 Å². The molecule has 0 heterocycles. The number of carbonyl (C=O) groups is 1. The Kier molecular flexibility index (Phi) is 4.03. The van der Waals surface area contributed by atoms with Crippen molar-refractivity contribution in [3.63, 3.8) is 0 Å². The van der Waals surface area contributed by atoms with E-state index in [1.54, 1.807) is 0 Å². The molecule has 0 N–H and O–H groups in total. The molecule has 0 saturated heterocycles. The number of benzene rings is 1. The maximum absolute atomic E-state index is 12.1. The molecule has 0 spiro atoms. The Morgan fingerprint density at radius 1 is 1.27 bits per heavy atom. The van der Waals surface area contributed by atoms with Gasteiger partial charge in [-0.15, -0.1) is 0 Å². The molecule has 0 atom stereocenters. The molecule has 0 aromatic heterocycles. The smallest absolute Gasteiger partial charge is 0.545 e. The third kappa shape index (κ3) is 2.84. The summed E-state index contributed by atoms with van der Waals surface area (Å²) in [5.41, 5.74) is -0.0126. The Labute approximate surface area is 78.6 Å². The second-order valence-corrected chi connectivity index (χ2v) is 1.79. The van der Waals surface area contributed by atoms with E-state index in [9.17, 15) is 14.3 Å². The van der Waals surface area contributed by atoms with Crippen molar-refractivity contribution >= 4 is 5.97 Å². The van der Waals surface area contributed by atoms with Gasteiger partial charge in [0.1, 0.15) is 5.82 Å². The monoisotopic (exact) mass is 246 g/mol. The Balaban J connectivity index is 0.000001000. The minimum absolute atomic E-state index is 0. The SMILES string of the molecule is O=C([O-])c1ccc(F)cc1.[Ag+]. The van der Waals surface area contributed by atoms with Gasteiger partial charge < -0.3 is 9.90 Å². The van der Waals surface area contributed by atoms with E-state index in [-0.39, 0.29) is 27.9 Å². The summed E-state index contributed by atoms with van der Waals surface area (Å²) in [4.78, 5) is 10.1. The largest absolute Gasteiger partial charge is 1.00 e. The van der Waals surface area contributed by atoms with E-state index in [2.05, 4.69) is 0 Å². The molecule has 0 radical (unpaired) electrons. The van der Waals surface area contributed by atoms with Crippen LogP contribution >= 0.6 is 0 Å². The van der Waals surface area contributed by atoms with Crippen molar-refractivity contribution in [1.29, 1.82) is 0 Å². The number of hydrogen-bond acceptors (Lipinski definition) is 2. The minimum Gasteiger partial charge on any atom is -0.545 e. The second kappa shape index (κ2) is 4.28. The zero-order chi connectivity index (χ0) is 7.56. The molecule has 0 amide bonds. The van der Waals surface area contributed by atoms with Gasteiger partial charge in [-0.25, -0.2) is 4.39 Å². The van der Waals surface area contributed by atoms with Crippen LogP contribution in [0.15, 0.2) is 24.3 Å². The number of rotatable bonds is 1. The van der Waals surface area contributed by atoms with Gasteiger partial charge >= 0.3 is 22.4 Å². The van der Waals surface area contributed by atoms with Gasteiger partial charge in [0.15, 0.2) is 0 Å². The van der Waals surface area contributed by atoms with Crippen molar-refractivity contribution in [1.82, 2.24) is 0 Å². The van der Waals surface area contributed by atoms with E-state index in [0.717, 1.165) is 24.3 Å². The number of carbonyl (C=O) groups excluding carboxylic acids is 1. The maximum atomic E-state index is 12.1. The molecule has 0 aliphatic heterocycles. The first-order valence-corrected chi connectivity index (χ1v) is 2.67. The zero-order valence-electron chi connectivity index (χ0n) is 5.31. The van der Waals surface area contributed by atoms with Gasteiger partial charge in [-0.2, -0.15) is 0 Å². The minimum atomic E-state index is -1.29. The van der Waals surface area contributed by atoms with Crippen LogP contribution in [-0.2, 0) is 22.4 Å². The third-order valence-electron chi connectivity index (χ3n) is 1.08. The van der Waals surface area contributed by atoms with Gasteiger partial charge in [-0.1, -0.05) is 12.1 Å². The normalized spacial score (nSPS) is 8.45. The van der Waals surface area contributed by atoms with Gasteiger partial charge in [0, 0.05) is 0 Å². The summed E-state index contributed by atoms with van der Waals surface area (Å²) in [6.07, 6.45) is 0. The fraction of sp³-hybridized carbons (Fsp3) is 0. The molecule has 1 aromatic rings. The van der Waals surface area contributed by atoms with Gasteiger partial charge in [0.25, 0.3) is 0 Å². The summed E-state index contributed by atoms with van der Waals surface area (Å²) in [5.74, 6) is -1.75. The summed E-state index contributed by atoms with van der Waals surface area (Å²) in [5, 5.41) is 10.1. The molecule has 2 nitrogen and oxygen atoms in total. The number of aromatic carboxylic acids is 1. The van der Waals surface area contributed by atoms with Crippen LogP contribution in [0.25, 0.3) is 0 Å². The molecule has 0 bridgehead atoms. The Bertz CT molecular complexity index is 245. The van der Waals surface area contributed by atoms with Gasteiger partial charge in [0.2, 0.25) is 0 Å². The van der Waals surface area contributed by atoms with Crippen LogP contribution in [0.3, 0.4) is 0 Å². The van der Waals surface area contributed by atoms with Crippen molar-refractivity contribution in [2.24, 2.45) is 0 Å². The van der Waals surface area contributed by atoms with Crippen LogP contribution in [0.1, 0.15) is 10.4 Å². The molecule has 0 fully saturated rings. The van der Waals surface area contributed by atoms with Gasteiger partial charge in [-0.3, -0.25) is 0 Å². The molecule has 0 aliphatic rings. The Morgan fingerprint density at radius 3 is 2.09 bits per heavy atom. The maximum Gasteiger partial charge on any atom is 1.00 e. The summed E-state index contributed by atoms with van der Waals surface area (Å²) >= 11 is 0. The molecule has 1 rings (SSSR count). The third-order valence-corrected chi connectivity index (χ3v) is 1.08. The van der Waals surface area contributed by atoms with E-state index in [1.807, 2.05) is 0 Å². The van der Waals surface area contributed by atoms with Crippen LogP contribution in [0, 0.1) is 5.82 Å². The summed E-state index contributed by atoms with van der Waals surface area (Å²) < 4.78 is 12.1. The molecule has 4 heteroatoms. The number of hydrogen-bond donors (Lipinski definition) is 0. The first-order valence-electron chi connectivity index (χ1n) is 2.67. The van der Waals surface area contributed by atoms with Crippen LogP contribution in [-0.4, -0.2) is 5.97 Å². The second-order valence-electron chi connectivity index (χ2n) is 1.79. The predicted molar refractivity (Wildman–Crippen MR) is 30.7 cm³/mol. The Hall–Kier alpha value is -0.640. The van der Waals surface area contributed by atoms with E-state index in [0.29, 0.717) is 0 Å². The summed E-state index contributed by atoms with van der Waals surface area (Å²) in [7, 11) is 0. The average molecular weight is 247 g/mol. The van der Waals surface area contributed by atoms with E-state index in [4.69, 9.17) is 0 Å². The topological polar surface area (TPSA) is 40.1 Å². The fourth-order valence-corrected chi connectivity index (χ4v) is 0.586. The molecule has 11 heavy (non-hydrogen) atoms. The van der Waals surface area contributed by atoms with Crippen LogP contribution in [0.2, 0.25) is 0 Å². The van der Waals surface area contributed by atoms with Crippen molar-refractivity contribution in [2.75, 3.05) is 0 Å². The zero-order valence-corrected chi connectivity index (χ0v) is 6.79. The molecule has 1 aromatic carbocycles. The molecule has 0 aliphatic carbocycles. The van der Waals surface area contributed by atoms with Crippen LogP contribution < -0.4 is 5.11 Å². The van der Waals surface area contributed by atoms with E-state index >= 15 is 0 Å². The molecular weight excluding hydrogens is 243 g/mol. The van der Waals surface area contributed by atoms with E-state index in [1.165, 1.54) is 0 Å². The number of halogens is 1. The van der Waals surface area contributed by atoms with Crippen molar-refractivity contribution in [3.8, 4) is 0 Å². The predicted octanol–water partition coefficient (Wildman–Crippen LogP) is 0.187. The van der Waals surface area contributed by atoms with Crippen LogP contribution in [0.4, 0.5) is 4.39 Å². The first-order chi connectivity index (χ1) is 4.70. The quantitative estimate of drug-likeness (QED) is 0.664. The van der Waals surface area contributed by atoms with Crippen LogP contribution in [0.5, 0.6) is 0 Å². The van der Waals surface area contributed by atoms with Crippen molar-refractivity contribution in [2.45, 2.75) is 0 Å². The molecule has 0 unspecified atom stereocenters. The number of carboxylic acids is 1. The fourth-order valence-electron chi connectivity index (χ4n) is 0.586. The van der Waals surface area contributed by atoms with Crippen molar-refractivity contribution < 1.29 is 36.7 Å². The van der Waals surface area contributed by atoms with Crippen molar-refractivity contribution in [3.05, 3.63) is 35.6 Å². The first kappa shape index (κ1) is 10.4. The molecule has 0 saturated carbocycles. The molecule has 62 valence electrons. The average Bonchev–Trinajstić information content (AvgIpc) is 1.88. The van der Waals surface area contributed by atoms with Gasteiger partial charge in [-0.05, 0) is 17.7 Å². The Morgan fingerprint density at radius 2 is 1.73 bits per heavy atom.